The molecule has 1 saturated heterocycles. The van der Waals surface area contributed by atoms with Crippen LogP contribution >= 0.6 is 0 Å². The highest BCUT2D eigenvalue weighted by molar-refractivity contribution is 5.90. The standard InChI is InChI=1S/C25H39NO9/c1-6-26-9-22(10-32-2)11(27)7-12(33-3)25-18(22)17(34-4)14(19(25)26)13-15-20(29)23(30,8-24(15,25)31)21(35-5)16(13)28/h11-15,17-21,27,29-31H,6-10H2,1-5H3/t11-,12+,13?,14+,15+,17+,18-,19?,20-,21+,22+,23-,24+,25-/m1/s1. The number of Topliss-reactive ketones (excluding diaryl/α,β-unsaturated/α-hetero) is 1. The summed E-state index contributed by atoms with van der Waals surface area (Å²) in [7, 11) is 6.17. The number of hydrogen-bond acceptors (Lipinski definition) is 10. The fourth-order valence-corrected chi connectivity index (χ4v) is 10.8. The average molecular weight is 498 g/mol. The molecule has 1 spiro atoms. The van der Waals surface area contributed by atoms with E-state index in [1.807, 2.05) is 6.92 Å². The van der Waals surface area contributed by atoms with Crippen molar-refractivity contribution >= 4 is 5.78 Å². The van der Waals surface area contributed by atoms with Crippen molar-refractivity contribution in [3.63, 3.8) is 0 Å². The lowest BCUT2D eigenvalue weighted by atomic mass is 9.41. The van der Waals surface area contributed by atoms with Gasteiger partial charge in [0.1, 0.15) is 11.7 Å². The van der Waals surface area contributed by atoms with Crippen LogP contribution in [0, 0.1) is 34.5 Å². The molecule has 6 rings (SSSR count). The molecule has 5 saturated carbocycles. The molecular weight excluding hydrogens is 458 g/mol. The molecule has 5 aliphatic carbocycles. The second kappa shape index (κ2) is 7.45. The van der Waals surface area contributed by atoms with Gasteiger partial charge in [0.25, 0.3) is 0 Å². The van der Waals surface area contributed by atoms with E-state index in [0.717, 1.165) is 0 Å². The number of likely N-dealkylation sites (tertiary alicyclic amines) is 1. The van der Waals surface area contributed by atoms with E-state index < -0.39 is 70.3 Å². The van der Waals surface area contributed by atoms with E-state index in [4.69, 9.17) is 18.9 Å². The number of carbonyl (C=O) groups excluding carboxylic acids is 1. The number of fused-ring (bicyclic) bond motifs is 2. The molecule has 10 heteroatoms. The summed E-state index contributed by atoms with van der Waals surface area (Å²) in [5.74, 6) is -2.74. The zero-order valence-electron chi connectivity index (χ0n) is 21.1. The Morgan fingerprint density at radius 2 is 1.80 bits per heavy atom. The fraction of sp³-hybridized carbons (Fsp3) is 0.960. The number of piperidine rings is 1. The van der Waals surface area contributed by atoms with Crippen LogP contribution < -0.4 is 0 Å². The lowest BCUT2D eigenvalue weighted by Crippen LogP contribution is -2.81. The maximum Gasteiger partial charge on any atom is 0.168 e. The Morgan fingerprint density at radius 3 is 2.37 bits per heavy atom. The van der Waals surface area contributed by atoms with E-state index in [-0.39, 0.29) is 37.2 Å². The van der Waals surface area contributed by atoms with Crippen LogP contribution in [0.4, 0.5) is 0 Å². The average Bonchev–Trinajstić information content (AvgIpc) is 3.13. The number of methoxy groups -OCH3 is 4. The summed E-state index contributed by atoms with van der Waals surface area (Å²) in [4.78, 5) is 16.2. The summed E-state index contributed by atoms with van der Waals surface area (Å²) in [6, 6.07) is -0.301. The Labute approximate surface area is 205 Å². The third-order valence-electron chi connectivity index (χ3n) is 11.4. The Morgan fingerprint density at radius 1 is 1.09 bits per heavy atom. The minimum absolute atomic E-state index is 0.209. The Kier molecular flexibility index (Phi) is 5.25. The number of nitrogens with zero attached hydrogens (tertiary/aromatic N) is 1. The highest BCUT2D eigenvalue weighted by Crippen LogP contribution is 2.79. The van der Waals surface area contributed by atoms with Crippen LogP contribution in [0.2, 0.25) is 0 Å². The van der Waals surface area contributed by atoms with Crippen LogP contribution in [0.15, 0.2) is 0 Å². The lowest BCUT2D eigenvalue weighted by molar-refractivity contribution is -0.323. The van der Waals surface area contributed by atoms with Crippen LogP contribution in [0.5, 0.6) is 0 Å². The Bertz CT molecular complexity index is 919. The van der Waals surface area contributed by atoms with Crippen molar-refractivity contribution < 1.29 is 44.2 Å². The fourth-order valence-electron chi connectivity index (χ4n) is 10.8. The second-order valence-corrected chi connectivity index (χ2v) is 11.9. The molecule has 6 aliphatic rings. The van der Waals surface area contributed by atoms with E-state index >= 15 is 0 Å². The minimum Gasteiger partial charge on any atom is -0.392 e. The first kappa shape index (κ1) is 24.6. The van der Waals surface area contributed by atoms with Gasteiger partial charge < -0.3 is 39.4 Å². The molecule has 1 aliphatic heterocycles. The van der Waals surface area contributed by atoms with Crippen LogP contribution in [-0.2, 0) is 23.7 Å². The van der Waals surface area contributed by atoms with Crippen LogP contribution in [0.25, 0.3) is 0 Å². The normalized spacial score (nSPS) is 60.3. The molecule has 35 heavy (non-hydrogen) atoms. The largest absolute Gasteiger partial charge is 0.392 e. The van der Waals surface area contributed by atoms with Crippen LogP contribution in [-0.4, -0.2) is 127 Å². The zero-order valence-corrected chi connectivity index (χ0v) is 21.1. The van der Waals surface area contributed by atoms with Crippen molar-refractivity contribution in [3.05, 3.63) is 0 Å². The smallest absolute Gasteiger partial charge is 0.168 e. The van der Waals surface area contributed by atoms with Gasteiger partial charge in [-0.1, -0.05) is 6.92 Å². The molecule has 0 aromatic heterocycles. The number of carbonyl (C=O) groups is 1. The molecule has 4 N–H and O–H groups in total. The van der Waals surface area contributed by atoms with Crippen molar-refractivity contribution in [3.8, 4) is 0 Å². The lowest BCUT2D eigenvalue weighted by Gasteiger charge is -2.71. The van der Waals surface area contributed by atoms with E-state index in [1.165, 1.54) is 7.11 Å². The molecule has 2 unspecified atom stereocenters. The number of ketones is 1. The van der Waals surface area contributed by atoms with Crippen molar-refractivity contribution in [2.75, 3.05) is 48.1 Å². The monoisotopic (exact) mass is 497 g/mol. The molecular formula is C25H39NO9. The van der Waals surface area contributed by atoms with E-state index in [0.29, 0.717) is 13.1 Å². The van der Waals surface area contributed by atoms with Gasteiger partial charge in [0, 0.05) is 88.4 Å². The number of hydrogen-bond donors (Lipinski definition) is 4. The predicted octanol–water partition coefficient (Wildman–Crippen LogP) is -1.58. The van der Waals surface area contributed by atoms with Gasteiger partial charge in [-0.2, -0.15) is 0 Å². The molecule has 7 bridgehead atoms. The van der Waals surface area contributed by atoms with Gasteiger partial charge in [0.15, 0.2) is 5.78 Å². The van der Waals surface area contributed by atoms with Crippen LogP contribution in [0.1, 0.15) is 19.8 Å². The summed E-state index contributed by atoms with van der Waals surface area (Å²) in [6.07, 6.45) is -4.36. The van der Waals surface area contributed by atoms with Gasteiger partial charge in [0.05, 0.1) is 36.6 Å². The van der Waals surface area contributed by atoms with Crippen LogP contribution in [0.3, 0.4) is 0 Å². The predicted molar refractivity (Wildman–Crippen MR) is 120 cm³/mol. The molecule has 0 aromatic carbocycles. The van der Waals surface area contributed by atoms with Gasteiger partial charge in [-0.05, 0) is 6.54 Å². The highest BCUT2D eigenvalue weighted by atomic mass is 16.5. The van der Waals surface area contributed by atoms with Crippen molar-refractivity contribution in [1.29, 1.82) is 0 Å². The van der Waals surface area contributed by atoms with Crippen molar-refractivity contribution in [2.45, 2.75) is 67.5 Å². The Hall–Kier alpha value is -0.690. The van der Waals surface area contributed by atoms with Crippen molar-refractivity contribution in [2.24, 2.45) is 34.5 Å². The van der Waals surface area contributed by atoms with Gasteiger partial charge in [-0.3, -0.25) is 9.69 Å². The topological polar surface area (TPSA) is 138 Å². The molecule has 10 nitrogen and oxygen atoms in total. The highest BCUT2D eigenvalue weighted by Gasteiger charge is 2.91. The first-order valence-corrected chi connectivity index (χ1v) is 12.8. The van der Waals surface area contributed by atoms with Gasteiger partial charge >= 0.3 is 0 Å². The summed E-state index contributed by atoms with van der Waals surface area (Å²) in [5, 5.41) is 47.8. The summed E-state index contributed by atoms with van der Waals surface area (Å²) >= 11 is 0. The van der Waals surface area contributed by atoms with E-state index in [9.17, 15) is 25.2 Å². The number of aliphatic hydroxyl groups excluding tert-OH is 2. The quantitative estimate of drug-likeness (QED) is 0.340. The van der Waals surface area contributed by atoms with Gasteiger partial charge in [-0.15, -0.1) is 0 Å². The van der Waals surface area contributed by atoms with Gasteiger partial charge in [-0.25, -0.2) is 0 Å². The first-order valence-electron chi connectivity index (χ1n) is 12.8. The summed E-state index contributed by atoms with van der Waals surface area (Å²) in [5.41, 5.74) is -5.35. The number of ether oxygens (including phenoxy) is 4. The summed E-state index contributed by atoms with van der Waals surface area (Å²) in [6.45, 7) is 3.44. The van der Waals surface area contributed by atoms with Crippen molar-refractivity contribution in [1.82, 2.24) is 4.90 Å². The van der Waals surface area contributed by atoms with E-state index in [1.54, 1.807) is 21.3 Å². The number of aliphatic hydroxyl groups is 4. The molecule has 0 amide bonds. The van der Waals surface area contributed by atoms with E-state index in [2.05, 4.69) is 4.90 Å². The molecule has 1 heterocycles. The third-order valence-corrected chi connectivity index (χ3v) is 11.4. The molecule has 0 aromatic rings. The second-order valence-electron chi connectivity index (χ2n) is 11.9. The SMILES string of the molecule is CCN1C[C@]2(COC)[C@H](O)C[C@H](OC)[C@@]34C1[C@@H](C1C(=O)[C@H](OC)[C@@]5(O)C[C@]3(O)[C@@H]1[C@H]5O)[C@H](OC)[C@H]24. The Balaban J connectivity index is 1.70. The maximum absolute atomic E-state index is 14.0. The molecule has 0 radical (unpaired) electrons. The molecule has 14 atom stereocenters. The minimum atomic E-state index is -1.91. The van der Waals surface area contributed by atoms with Gasteiger partial charge in [0.2, 0.25) is 0 Å². The number of rotatable bonds is 6. The zero-order chi connectivity index (χ0) is 25.3. The maximum atomic E-state index is 14.0. The third kappa shape index (κ3) is 2.29. The summed E-state index contributed by atoms with van der Waals surface area (Å²) < 4.78 is 23.6. The first-order chi connectivity index (χ1) is 16.6. The molecule has 6 fully saturated rings. The molecule has 198 valence electrons.